The highest BCUT2D eigenvalue weighted by atomic mass is 16.5. The van der Waals surface area contributed by atoms with E-state index in [9.17, 15) is 0 Å². The lowest BCUT2D eigenvalue weighted by atomic mass is 9.98. The largest absolute Gasteiger partial charge is 0.497 e. The maximum atomic E-state index is 5.22. The fourth-order valence-corrected chi connectivity index (χ4v) is 2.01. The summed E-state index contributed by atoms with van der Waals surface area (Å²) in [4.78, 5) is 0. The molecule has 0 fully saturated rings. The molecule has 0 bridgehead atoms. The monoisotopic (exact) mass is 264 g/mol. The predicted octanol–water partition coefficient (Wildman–Crippen LogP) is 5.08. The molecule has 2 aromatic rings. The summed E-state index contributed by atoms with van der Waals surface area (Å²) in [5.74, 6) is 0.874. The molecule has 2 rings (SSSR count). The van der Waals surface area contributed by atoms with Gasteiger partial charge < -0.3 is 4.74 Å². The van der Waals surface area contributed by atoms with Gasteiger partial charge in [0.25, 0.3) is 0 Å². The first-order valence-corrected chi connectivity index (χ1v) is 7.00. The van der Waals surface area contributed by atoms with Gasteiger partial charge in [-0.25, -0.2) is 0 Å². The van der Waals surface area contributed by atoms with E-state index in [2.05, 4.69) is 55.1 Å². The van der Waals surface area contributed by atoms with Crippen LogP contribution in [0.5, 0.6) is 5.75 Å². The van der Waals surface area contributed by atoms with Crippen LogP contribution in [0.4, 0.5) is 0 Å². The Hall–Kier alpha value is -2.24. The minimum Gasteiger partial charge on any atom is -0.497 e. The summed E-state index contributed by atoms with van der Waals surface area (Å²) < 4.78 is 5.22. The molecular formula is C19H20O. The second-order valence-electron chi connectivity index (χ2n) is 4.61. The number of hydrogen-bond acceptors (Lipinski definition) is 1. The van der Waals surface area contributed by atoms with Crippen LogP contribution in [0.3, 0.4) is 0 Å². The zero-order valence-corrected chi connectivity index (χ0v) is 12.1. The zero-order valence-electron chi connectivity index (χ0n) is 12.1. The molecule has 0 radical (unpaired) electrons. The molecule has 0 unspecified atom stereocenters. The molecule has 20 heavy (non-hydrogen) atoms. The Kier molecular flexibility index (Phi) is 5.23. The Morgan fingerprint density at radius 1 is 1.00 bits per heavy atom. The van der Waals surface area contributed by atoms with Crippen LogP contribution >= 0.6 is 0 Å². The maximum absolute atomic E-state index is 5.22. The summed E-state index contributed by atoms with van der Waals surface area (Å²) in [6.45, 7) is 2.17. The summed E-state index contributed by atoms with van der Waals surface area (Å²) in [7, 11) is 1.68. The first-order chi connectivity index (χ1) is 9.85. The van der Waals surface area contributed by atoms with Gasteiger partial charge in [0.15, 0.2) is 0 Å². The summed E-state index contributed by atoms with van der Waals surface area (Å²) in [6, 6.07) is 18.5. The molecule has 0 N–H and O–H groups in total. The molecule has 0 saturated carbocycles. The summed E-state index contributed by atoms with van der Waals surface area (Å²) >= 11 is 0. The number of methoxy groups -OCH3 is 1. The van der Waals surface area contributed by atoms with E-state index in [4.69, 9.17) is 4.74 Å². The molecule has 102 valence electrons. The Morgan fingerprint density at radius 3 is 2.25 bits per heavy atom. The normalized spacial score (nSPS) is 9.70. The average Bonchev–Trinajstić information content (AvgIpc) is 2.53. The number of ether oxygens (including phenoxy) is 1. The van der Waals surface area contributed by atoms with Crippen molar-refractivity contribution in [2.75, 3.05) is 7.11 Å². The van der Waals surface area contributed by atoms with Gasteiger partial charge in [0, 0.05) is 5.57 Å². The van der Waals surface area contributed by atoms with Crippen molar-refractivity contribution < 1.29 is 4.74 Å². The highest BCUT2D eigenvalue weighted by molar-refractivity contribution is 5.79. The van der Waals surface area contributed by atoms with Gasteiger partial charge in [0.05, 0.1) is 7.11 Å². The number of rotatable bonds is 5. The van der Waals surface area contributed by atoms with E-state index in [-0.39, 0.29) is 0 Å². The van der Waals surface area contributed by atoms with Crippen LogP contribution in [-0.2, 0) is 0 Å². The molecule has 0 atom stereocenters. The average molecular weight is 264 g/mol. The summed E-state index contributed by atoms with van der Waals surface area (Å²) in [5.41, 5.74) is 6.91. The molecule has 0 aliphatic carbocycles. The van der Waals surface area contributed by atoms with E-state index in [1.54, 1.807) is 7.11 Å². The number of benzene rings is 2. The molecule has 0 amide bonds. The van der Waals surface area contributed by atoms with E-state index in [1.165, 1.54) is 5.56 Å². The highest BCUT2D eigenvalue weighted by Crippen LogP contribution is 2.24. The minimum absolute atomic E-state index is 0.874. The summed E-state index contributed by atoms with van der Waals surface area (Å²) in [5, 5.41) is 0. The lowest BCUT2D eigenvalue weighted by Crippen LogP contribution is -1.88. The van der Waals surface area contributed by atoms with Crippen molar-refractivity contribution in [1.29, 1.82) is 0 Å². The van der Waals surface area contributed by atoms with Crippen LogP contribution in [0.1, 0.15) is 30.9 Å². The third-order valence-electron chi connectivity index (χ3n) is 3.12. The van der Waals surface area contributed by atoms with Crippen LogP contribution in [0, 0.1) is 0 Å². The van der Waals surface area contributed by atoms with Crippen molar-refractivity contribution in [3.05, 3.63) is 77.5 Å². The molecule has 1 nitrogen and oxygen atoms in total. The van der Waals surface area contributed by atoms with Crippen molar-refractivity contribution in [3.8, 4) is 5.75 Å². The highest BCUT2D eigenvalue weighted by Gasteiger charge is 2.04. The minimum atomic E-state index is 0.874. The zero-order chi connectivity index (χ0) is 14.2. The molecular weight excluding hydrogens is 244 g/mol. The lowest BCUT2D eigenvalue weighted by Gasteiger charge is -2.07. The molecule has 0 aromatic heterocycles. The van der Waals surface area contributed by atoms with Gasteiger partial charge in [-0.15, -0.1) is 5.73 Å². The number of hydrogen-bond donors (Lipinski definition) is 0. The van der Waals surface area contributed by atoms with Crippen LogP contribution in [0.15, 0.2) is 66.4 Å². The van der Waals surface area contributed by atoms with Crippen molar-refractivity contribution in [2.24, 2.45) is 0 Å². The molecule has 0 aliphatic rings. The third kappa shape index (κ3) is 3.63. The molecule has 1 heteroatoms. The Labute approximate surface area is 121 Å². The van der Waals surface area contributed by atoms with Crippen LogP contribution in [0.25, 0.3) is 5.57 Å². The molecule has 0 heterocycles. The Bertz CT molecular complexity index is 587. The fourth-order valence-electron chi connectivity index (χ4n) is 2.01. The summed E-state index contributed by atoms with van der Waals surface area (Å²) in [6.07, 6.45) is 4.30. The quantitative estimate of drug-likeness (QED) is 0.684. The molecule has 0 aliphatic heterocycles. The van der Waals surface area contributed by atoms with Crippen molar-refractivity contribution in [2.45, 2.75) is 19.8 Å². The smallest absolute Gasteiger partial charge is 0.118 e. The van der Waals surface area contributed by atoms with Crippen LogP contribution in [-0.4, -0.2) is 7.11 Å². The van der Waals surface area contributed by atoms with Crippen molar-refractivity contribution in [1.82, 2.24) is 0 Å². The maximum Gasteiger partial charge on any atom is 0.118 e. The van der Waals surface area contributed by atoms with E-state index in [1.807, 2.05) is 18.2 Å². The van der Waals surface area contributed by atoms with Crippen molar-refractivity contribution in [3.63, 3.8) is 0 Å². The van der Waals surface area contributed by atoms with Gasteiger partial charge in [0.2, 0.25) is 0 Å². The van der Waals surface area contributed by atoms with E-state index >= 15 is 0 Å². The van der Waals surface area contributed by atoms with E-state index in [0.29, 0.717) is 0 Å². The molecule has 0 spiro atoms. The first kappa shape index (κ1) is 14.2. The lowest BCUT2D eigenvalue weighted by molar-refractivity contribution is 0.415. The molecule has 2 aromatic carbocycles. The number of unbranched alkanes of at least 4 members (excludes halogenated alkanes) is 1. The number of allylic oxidation sites excluding steroid dienone is 1. The van der Waals surface area contributed by atoms with Crippen molar-refractivity contribution >= 4 is 5.57 Å². The molecule has 0 saturated heterocycles. The predicted molar refractivity (Wildman–Crippen MR) is 84.9 cm³/mol. The second-order valence-corrected chi connectivity index (χ2v) is 4.61. The first-order valence-electron chi connectivity index (χ1n) is 7.00. The van der Waals surface area contributed by atoms with Gasteiger partial charge >= 0.3 is 0 Å². The van der Waals surface area contributed by atoms with Crippen LogP contribution < -0.4 is 4.74 Å². The van der Waals surface area contributed by atoms with Gasteiger partial charge in [0.1, 0.15) is 5.75 Å². The SMILES string of the molecule is CCCC=C=C(c1ccccc1)c1ccc(OC)cc1. The second kappa shape index (κ2) is 7.37. The Morgan fingerprint density at radius 2 is 1.65 bits per heavy atom. The van der Waals surface area contributed by atoms with Gasteiger partial charge in [-0.2, -0.15) is 0 Å². The van der Waals surface area contributed by atoms with Crippen LogP contribution in [0.2, 0.25) is 0 Å². The Balaban J connectivity index is 2.43. The topological polar surface area (TPSA) is 9.23 Å². The third-order valence-corrected chi connectivity index (χ3v) is 3.12. The van der Waals surface area contributed by atoms with E-state index in [0.717, 1.165) is 29.7 Å². The van der Waals surface area contributed by atoms with Gasteiger partial charge in [-0.3, -0.25) is 0 Å². The standard InChI is InChI=1S/C19H20O/c1-3-4-6-11-19(16-9-7-5-8-10-16)17-12-14-18(20-2)15-13-17/h5-10,12-15H,3-4H2,1-2H3. The van der Waals surface area contributed by atoms with Gasteiger partial charge in [-0.1, -0.05) is 55.8 Å². The fraction of sp³-hybridized carbons (Fsp3) is 0.211. The van der Waals surface area contributed by atoms with E-state index < -0.39 is 0 Å². The van der Waals surface area contributed by atoms with Gasteiger partial charge in [-0.05, 0) is 35.8 Å².